The van der Waals surface area contributed by atoms with Crippen molar-refractivity contribution >= 4 is 0 Å². The van der Waals surface area contributed by atoms with E-state index in [2.05, 4.69) is 48.9 Å². The van der Waals surface area contributed by atoms with Gasteiger partial charge < -0.3 is 5.32 Å². The highest BCUT2D eigenvalue weighted by Crippen LogP contribution is 2.13. The Bertz CT molecular complexity index is 291. The zero-order valence-corrected chi connectivity index (χ0v) is 9.83. The maximum Gasteiger partial charge on any atom is 0.0644 e. The quantitative estimate of drug-likeness (QED) is 0.797. The number of hydrogen-bond donors (Lipinski definition) is 1. The van der Waals surface area contributed by atoms with Gasteiger partial charge in [0.1, 0.15) is 0 Å². The summed E-state index contributed by atoms with van der Waals surface area (Å²) >= 11 is 0. The molecule has 2 unspecified atom stereocenters. The van der Waals surface area contributed by atoms with Crippen LogP contribution < -0.4 is 5.32 Å². The molecule has 1 aromatic rings. The Kier molecular flexibility index (Phi) is 3.69. The number of rotatable bonds is 4. The van der Waals surface area contributed by atoms with E-state index in [1.54, 1.807) is 0 Å². The highest BCUT2D eigenvalue weighted by molar-refractivity contribution is 5.07. The smallest absolute Gasteiger partial charge is 0.0644 e. The second-order valence-electron chi connectivity index (χ2n) is 3.96. The van der Waals surface area contributed by atoms with E-state index in [4.69, 9.17) is 0 Å². The molecule has 3 nitrogen and oxygen atoms in total. The van der Waals surface area contributed by atoms with E-state index < -0.39 is 0 Å². The molecule has 0 aliphatic heterocycles. The Labute approximate surface area is 86.5 Å². The van der Waals surface area contributed by atoms with E-state index in [1.165, 1.54) is 5.69 Å². The molecule has 0 spiro atoms. The average molecular weight is 195 g/mol. The fraction of sp³-hybridized carbons (Fsp3) is 0.727. The predicted molar refractivity (Wildman–Crippen MR) is 59.6 cm³/mol. The van der Waals surface area contributed by atoms with Gasteiger partial charge in [0, 0.05) is 11.7 Å². The highest BCUT2D eigenvalue weighted by Gasteiger charge is 2.15. The Morgan fingerprint density at radius 1 is 1.43 bits per heavy atom. The van der Waals surface area contributed by atoms with Gasteiger partial charge in [-0.15, -0.1) is 0 Å². The molecule has 0 saturated carbocycles. The second-order valence-corrected chi connectivity index (χ2v) is 3.96. The second kappa shape index (κ2) is 4.60. The zero-order chi connectivity index (χ0) is 10.7. The Balaban J connectivity index is 2.77. The topological polar surface area (TPSA) is 29.9 Å². The van der Waals surface area contributed by atoms with Crippen molar-refractivity contribution in [2.24, 2.45) is 0 Å². The number of hydrogen-bond acceptors (Lipinski definition) is 2. The van der Waals surface area contributed by atoms with Crippen molar-refractivity contribution in [3.05, 3.63) is 17.5 Å². The lowest BCUT2D eigenvalue weighted by Gasteiger charge is -2.22. The van der Waals surface area contributed by atoms with Crippen molar-refractivity contribution in [3.63, 3.8) is 0 Å². The first-order valence-corrected chi connectivity index (χ1v) is 5.32. The number of aromatic nitrogens is 2. The van der Waals surface area contributed by atoms with E-state index >= 15 is 0 Å². The predicted octanol–water partition coefficient (Wildman–Crippen LogP) is 2.06. The highest BCUT2D eigenvalue weighted by atomic mass is 15.3. The number of likely N-dealkylation sites (N-methyl/N-ethyl adjacent to an activating group) is 1. The van der Waals surface area contributed by atoms with Gasteiger partial charge in [-0.25, -0.2) is 0 Å². The summed E-state index contributed by atoms with van der Waals surface area (Å²) in [5.41, 5.74) is 2.33. The fourth-order valence-corrected chi connectivity index (χ4v) is 1.76. The molecule has 0 fully saturated rings. The molecular weight excluding hydrogens is 174 g/mol. The summed E-state index contributed by atoms with van der Waals surface area (Å²) < 4.78 is 2.10. The van der Waals surface area contributed by atoms with E-state index in [0.29, 0.717) is 12.1 Å². The first-order valence-electron chi connectivity index (χ1n) is 5.32. The summed E-state index contributed by atoms with van der Waals surface area (Å²) in [5, 5.41) is 7.91. The number of nitrogens with one attached hydrogen (secondary N) is 1. The maximum absolute atomic E-state index is 4.49. The average Bonchev–Trinajstić information content (AvgIpc) is 2.44. The first kappa shape index (κ1) is 11.2. The normalized spacial score (nSPS) is 15.5. The molecule has 2 atom stereocenters. The Morgan fingerprint density at radius 2 is 2.07 bits per heavy atom. The van der Waals surface area contributed by atoms with Crippen LogP contribution in [0, 0.1) is 13.8 Å². The minimum atomic E-state index is 0.406. The van der Waals surface area contributed by atoms with Crippen LogP contribution in [0.15, 0.2) is 6.07 Å². The molecule has 14 heavy (non-hydrogen) atoms. The van der Waals surface area contributed by atoms with Gasteiger partial charge in [-0.1, -0.05) is 6.92 Å². The van der Waals surface area contributed by atoms with Crippen LogP contribution in [-0.4, -0.2) is 22.4 Å². The monoisotopic (exact) mass is 195 g/mol. The van der Waals surface area contributed by atoms with Gasteiger partial charge >= 0.3 is 0 Å². The first-order chi connectivity index (χ1) is 6.56. The summed E-state index contributed by atoms with van der Waals surface area (Å²) in [6, 6.07) is 2.98. The lowest BCUT2D eigenvalue weighted by molar-refractivity contribution is 0.365. The van der Waals surface area contributed by atoms with E-state index in [-0.39, 0.29) is 0 Å². The maximum atomic E-state index is 4.49. The van der Waals surface area contributed by atoms with Crippen LogP contribution in [0.5, 0.6) is 0 Å². The molecule has 0 aliphatic rings. The molecule has 0 aromatic carbocycles. The van der Waals surface area contributed by atoms with E-state index in [9.17, 15) is 0 Å². The minimum Gasteiger partial charge on any atom is -0.312 e. The van der Waals surface area contributed by atoms with Crippen molar-refractivity contribution in [1.82, 2.24) is 15.1 Å². The molecule has 0 aliphatic carbocycles. The third-order valence-electron chi connectivity index (χ3n) is 2.68. The van der Waals surface area contributed by atoms with Gasteiger partial charge in [0.15, 0.2) is 0 Å². The van der Waals surface area contributed by atoms with Crippen LogP contribution in [0.2, 0.25) is 0 Å². The van der Waals surface area contributed by atoms with Crippen LogP contribution in [-0.2, 0) is 0 Å². The van der Waals surface area contributed by atoms with Crippen molar-refractivity contribution in [3.8, 4) is 0 Å². The minimum absolute atomic E-state index is 0.406. The summed E-state index contributed by atoms with van der Waals surface area (Å²) in [5.74, 6) is 0. The van der Waals surface area contributed by atoms with Crippen molar-refractivity contribution < 1.29 is 0 Å². The Hall–Kier alpha value is -0.830. The molecule has 1 rings (SSSR count). The van der Waals surface area contributed by atoms with Crippen LogP contribution in [0.4, 0.5) is 0 Å². The molecule has 0 amide bonds. The van der Waals surface area contributed by atoms with Gasteiger partial charge in [-0.05, 0) is 40.3 Å². The lowest BCUT2D eigenvalue weighted by atomic mass is 10.1. The summed E-state index contributed by atoms with van der Waals surface area (Å²) in [4.78, 5) is 0. The molecule has 0 radical (unpaired) electrons. The van der Waals surface area contributed by atoms with Crippen LogP contribution in [0.1, 0.15) is 38.2 Å². The molecule has 80 valence electrons. The van der Waals surface area contributed by atoms with Gasteiger partial charge in [0.05, 0.1) is 11.7 Å². The van der Waals surface area contributed by atoms with Crippen LogP contribution >= 0.6 is 0 Å². The van der Waals surface area contributed by atoms with Gasteiger partial charge in [-0.2, -0.15) is 5.10 Å². The van der Waals surface area contributed by atoms with Crippen molar-refractivity contribution in [2.45, 2.75) is 46.7 Å². The standard InChI is InChI=1S/C11H21N3/c1-6-12-10(4)11(5)14-9(3)7-8(2)13-14/h7,10-12H,6H2,1-5H3. The molecule has 0 bridgehead atoms. The third-order valence-corrected chi connectivity index (χ3v) is 2.68. The van der Waals surface area contributed by atoms with Crippen LogP contribution in [0.25, 0.3) is 0 Å². The van der Waals surface area contributed by atoms with E-state index in [1.807, 2.05) is 6.92 Å². The molecule has 3 heteroatoms. The third kappa shape index (κ3) is 2.35. The van der Waals surface area contributed by atoms with Crippen LogP contribution in [0.3, 0.4) is 0 Å². The summed E-state index contributed by atoms with van der Waals surface area (Å²) in [6.07, 6.45) is 0. The summed E-state index contributed by atoms with van der Waals surface area (Å²) in [6.45, 7) is 11.7. The summed E-state index contributed by atoms with van der Waals surface area (Å²) in [7, 11) is 0. The largest absolute Gasteiger partial charge is 0.312 e. The van der Waals surface area contributed by atoms with Crippen molar-refractivity contribution in [2.75, 3.05) is 6.54 Å². The SMILES string of the molecule is CCNC(C)C(C)n1nc(C)cc1C. The van der Waals surface area contributed by atoms with Gasteiger partial charge in [0.25, 0.3) is 0 Å². The van der Waals surface area contributed by atoms with Gasteiger partial charge in [0.2, 0.25) is 0 Å². The molecule has 1 aromatic heterocycles. The molecule has 1 heterocycles. The fourth-order valence-electron chi connectivity index (χ4n) is 1.76. The Morgan fingerprint density at radius 3 is 2.50 bits per heavy atom. The van der Waals surface area contributed by atoms with Gasteiger partial charge in [-0.3, -0.25) is 4.68 Å². The number of aryl methyl sites for hydroxylation is 2. The zero-order valence-electron chi connectivity index (χ0n) is 9.83. The molecular formula is C11H21N3. The van der Waals surface area contributed by atoms with Crippen molar-refractivity contribution in [1.29, 1.82) is 0 Å². The van der Waals surface area contributed by atoms with E-state index in [0.717, 1.165) is 12.2 Å². The molecule has 0 saturated heterocycles. The lowest BCUT2D eigenvalue weighted by Crippen LogP contribution is -2.34. The molecule has 1 N–H and O–H groups in total. The number of nitrogens with zero attached hydrogens (tertiary/aromatic N) is 2.